The van der Waals surface area contributed by atoms with Crippen LogP contribution in [0.2, 0.25) is 0 Å². The van der Waals surface area contributed by atoms with Crippen LogP contribution in [0.1, 0.15) is 63.9 Å². The molecule has 1 aromatic carbocycles. The van der Waals surface area contributed by atoms with Gasteiger partial charge in [0, 0.05) is 23.2 Å². The van der Waals surface area contributed by atoms with Crippen LogP contribution in [0.15, 0.2) is 24.3 Å². The van der Waals surface area contributed by atoms with Crippen molar-refractivity contribution < 1.29 is 14.3 Å². The lowest BCUT2D eigenvalue weighted by Crippen LogP contribution is -2.28. The Hall–Kier alpha value is -2.56. The van der Waals surface area contributed by atoms with Gasteiger partial charge in [-0.15, -0.1) is 0 Å². The summed E-state index contributed by atoms with van der Waals surface area (Å²) in [6.07, 6.45) is 1.54. The molecule has 0 spiro atoms. The first kappa shape index (κ1) is 17.3. The second kappa shape index (κ2) is 6.75. The molecular weight excluding hydrogens is 316 g/mol. The minimum atomic E-state index is -0.144. The largest absolute Gasteiger partial charge is 0.496 e. The van der Waals surface area contributed by atoms with Crippen LogP contribution in [0.3, 0.4) is 0 Å². The summed E-state index contributed by atoms with van der Waals surface area (Å²) in [4.78, 5) is 27.7. The van der Waals surface area contributed by atoms with Gasteiger partial charge in [-0.25, -0.2) is 0 Å². The maximum atomic E-state index is 12.7. The third-order valence-corrected chi connectivity index (χ3v) is 4.87. The van der Waals surface area contributed by atoms with E-state index in [1.807, 2.05) is 38.1 Å². The number of benzene rings is 1. The SMILES string of the molecule is CCc1c(C(=O)N[C@H]2C[C@@H]2c2ccccc2OC)[nH]c(C)c1C(C)=O. The fraction of sp³-hybridized carbons (Fsp3) is 0.400. The molecule has 0 bridgehead atoms. The molecule has 1 heterocycles. The van der Waals surface area contributed by atoms with Gasteiger partial charge in [-0.2, -0.15) is 0 Å². The van der Waals surface area contributed by atoms with E-state index in [0.29, 0.717) is 17.7 Å². The summed E-state index contributed by atoms with van der Waals surface area (Å²) in [6, 6.07) is 8.00. The van der Waals surface area contributed by atoms with E-state index in [1.165, 1.54) is 6.92 Å². The molecule has 0 saturated heterocycles. The zero-order chi connectivity index (χ0) is 18.1. The molecule has 0 unspecified atom stereocenters. The van der Waals surface area contributed by atoms with Crippen LogP contribution in [0.25, 0.3) is 0 Å². The number of Topliss-reactive ketones (excluding diaryl/α,β-unsaturated/α-hetero) is 1. The van der Waals surface area contributed by atoms with E-state index in [0.717, 1.165) is 29.0 Å². The zero-order valence-electron chi connectivity index (χ0n) is 15.1. The number of hydrogen-bond acceptors (Lipinski definition) is 3. The molecule has 0 aliphatic heterocycles. The summed E-state index contributed by atoms with van der Waals surface area (Å²) in [5.41, 5.74) is 3.84. The number of hydrogen-bond donors (Lipinski definition) is 2. The molecule has 5 heteroatoms. The van der Waals surface area contributed by atoms with Gasteiger partial charge < -0.3 is 15.0 Å². The quantitative estimate of drug-likeness (QED) is 0.792. The molecule has 1 saturated carbocycles. The van der Waals surface area contributed by atoms with Gasteiger partial charge in [-0.05, 0) is 43.9 Å². The first-order chi connectivity index (χ1) is 12.0. The van der Waals surface area contributed by atoms with Gasteiger partial charge in [-0.1, -0.05) is 25.1 Å². The molecule has 2 N–H and O–H groups in total. The predicted molar refractivity (Wildman–Crippen MR) is 96.5 cm³/mol. The molecule has 2 aromatic rings. The minimum absolute atomic E-state index is 0.0111. The number of carbonyl (C=O) groups is 2. The molecule has 5 nitrogen and oxygen atoms in total. The molecule has 3 rings (SSSR count). The number of H-pyrrole nitrogens is 1. The Bertz CT molecular complexity index is 822. The van der Waals surface area contributed by atoms with Crippen molar-refractivity contribution in [3.8, 4) is 5.75 Å². The van der Waals surface area contributed by atoms with E-state index in [2.05, 4.69) is 10.3 Å². The Morgan fingerprint density at radius 2 is 2.04 bits per heavy atom. The number of para-hydroxylation sites is 1. The van der Waals surface area contributed by atoms with Crippen LogP contribution in [-0.2, 0) is 6.42 Å². The molecule has 25 heavy (non-hydrogen) atoms. The van der Waals surface area contributed by atoms with Crippen LogP contribution in [0, 0.1) is 6.92 Å². The van der Waals surface area contributed by atoms with Crippen LogP contribution in [0.4, 0.5) is 0 Å². The zero-order valence-corrected chi connectivity index (χ0v) is 15.1. The monoisotopic (exact) mass is 340 g/mol. The number of ketones is 1. The summed E-state index contributed by atoms with van der Waals surface area (Å²) < 4.78 is 5.41. The first-order valence-electron chi connectivity index (χ1n) is 8.64. The first-order valence-corrected chi connectivity index (χ1v) is 8.64. The number of amides is 1. The summed E-state index contributed by atoms with van der Waals surface area (Å²) in [6.45, 7) is 5.33. The van der Waals surface area contributed by atoms with Crippen molar-refractivity contribution in [2.75, 3.05) is 7.11 Å². The number of aryl methyl sites for hydroxylation is 1. The minimum Gasteiger partial charge on any atom is -0.496 e. The second-order valence-electron chi connectivity index (χ2n) is 6.55. The topological polar surface area (TPSA) is 71.2 Å². The van der Waals surface area contributed by atoms with Gasteiger partial charge in [-0.3, -0.25) is 9.59 Å². The highest BCUT2D eigenvalue weighted by atomic mass is 16.5. The molecule has 1 aromatic heterocycles. The third kappa shape index (κ3) is 3.18. The van der Waals surface area contributed by atoms with E-state index >= 15 is 0 Å². The summed E-state index contributed by atoms with van der Waals surface area (Å²) >= 11 is 0. The Morgan fingerprint density at radius 1 is 1.32 bits per heavy atom. The van der Waals surface area contributed by atoms with E-state index in [-0.39, 0.29) is 23.7 Å². The van der Waals surface area contributed by atoms with E-state index in [1.54, 1.807) is 7.11 Å². The molecule has 1 aliphatic carbocycles. The van der Waals surface area contributed by atoms with Crippen LogP contribution in [0.5, 0.6) is 5.75 Å². The molecule has 1 amide bonds. The Kier molecular flexibility index (Phi) is 4.66. The number of aromatic nitrogens is 1. The van der Waals surface area contributed by atoms with Crippen molar-refractivity contribution in [3.05, 3.63) is 52.3 Å². The normalized spacial score (nSPS) is 18.7. The number of carbonyl (C=O) groups excluding carboxylic acids is 2. The molecular formula is C20H24N2O3. The Morgan fingerprint density at radius 3 is 2.68 bits per heavy atom. The summed E-state index contributed by atoms with van der Waals surface area (Å²) in [7, 11) is 1.66. The fourth-order valence-corrected chi connectivity index (χ4v) is 3.61. The highest BCUT2D eigenvalue weighted by Crippen LogP contribution is 2.44. The lowest BCUT2D eigenvalue weighted by atomic mass is 10.0. The molecule has 132 valence electrons. The number of rotatable bonds is 6. The second-order valence-corrected chi connectivity index (χ2v) is 6.55. The molecule has 2 atom stereocenters. The summed E-state index contributed by atoms with van der Waals surface area (Å²) in [5, 5.41) is 3.09. The van der Waals surface area contributed by atoms with Crippen molar-refractivity contribution in [3.63, 3.8) is 0 Å². The lowest BCUT2D eigenvalue weighted by molar-refractivity contribution is 0.0944. The van der Waals surface area contributed by atoms with Crippen LogP contribution < -0.4 is 10.1 Å². The Balaban J connectivity index is 1.77. The van der Waals surface area contributed by atoms with Crippen LogP contribution >= 0.6 is 0 Å². The molecule has 1 aliphatic rings. The highest BCUT2D eigenvalue weighted by molar-refractivity contribution is 6.02. The van der Waals surface area contributed by atoms with Gasteiger partial charge >= 0.3 is 0 Å². The van der Waals surface area contributed by atoms with Gasteiger partial charge in [0.05, 0.1) is 7.11 Å². The predicted octanol–water partition coefficient (Wildman–Crippen LogP) is 3.38. The lowest BCUT2D eigenvalue weighted by Gasteiger charge is -2.09. The number of aromatic amines is 1. The standard InChI is InChI=1S/C20H24N2O3/c1-5-13-18(12(3)23)11(2)21-19(13)20(24)22-16-10-15(16)14-8-6-7-9-17(14)25-4/h6-9,15-16,21H,5,10H2,1-4H3,(H,22,24)/t15-,16+/m1/s1. The number of ether oxygens (including phenoxy) is 1. The van der Waals surface area contributed by atoms with Crippen molar-refractivity contribution in [2.24, 2.45) is 0 Å². The van der Waals surface area contributed by atoms with Gasteiger partial charge in [0.15, 0.2) is 5.78 Å². The van der Waals surface area contributed by atoms with Gasteiger partial charge in [0.1, 0.15) is 11.4 Å². The number of nitrogens with one attached hydrogen (secondary N) is 2. The van der Waals surface area contributed by atoms with E-state index in [9.17, 15) is 9.59 Å². The van der Waals surface area contributed by atoms with E-state index < -0.39 is 0 Å². The Labute approximate surface area is 147 Å². The van der Waals surface area contributed by atoms with Gasteiger partial charge in [0.2, 0.25) is 0 Å². The van der Waals surface area contributed by atoms with Crippen molar-refractivity contribution in [1.29, 1.82) is 0 Å². The van der Waals surface area contributed by atoms with Gasteiger partial charge in [0.25, 0.3) is 5.91 Å². The van der Waals surface area contributed by atoms with Crippen LogP contribution in [-0.4, -0.2) is 29.8 Å². The third-order valence-electron chi connectivity index (χ3n) is 4.87. The fourth-order valence-electron chi connectivity index (χ4n) is 3.61. The van der Waals surface area contributed by atoms with Crippen molar-refractivity contribution >= 4 is 11.7 Å². The molecule has 0 radical (unpaired) electrons. The maximum Gasteiger partial charge on any atom is 0.268 e. The average Bonchev–Trinajstić information content (AvgIpc) is 3.26. The summed E-state index contributed by atoms with van der Waals surface area (Å²) in [5.74, 6) is 0.972. The van der Waals surface area contributed by atoms with Crippen molar-refractivity contribution in [1.82, 2.24) is 10.3 Å². The molecule has 1 fully saturated rings. The van der Waals surface area contributed by atoms with Crippen molar-refractivity contribution in [2.45, 2.75) is 45.6 Å². The van der Waals surface area contributed by atoms with E-state index in [4.69, 9.17) is 4.74 Å². The smallest absolute Gasteiger partial charge is 0.268 e. The average molecular weight is 340 g/mol. The highest BCUT2D eigenvalue weighted by Gasteiger charge is 2.41. The number of methoxy groups -OCH3 is 1. The maximum absolute atomic E-state index is 12.7.